The van der Waals surface area contributed by atoms with E-state index in [9.17, 15) is 5.11 Å². The van der Waals surface area contributed by atoms with E-state index in [1.54, 1.807) is 6.92 Å². The molecular weight excluding hydrogens is 282 g/mol. The van der Waals surface area contributed by atoms with Gasteiger partial charge in [0.15, 0.2) is 0 Å². The van der Waals surface area contributed by atoms with Crippen LogP contribution in [0.2, 0.25) is 0 Å². The van der Waals surface area contributed by atoms with Crippen molar-refractivity contribution in [2.45, 2.75) is 32.9 Å². The van der Waals surface area contributed by atoms with E-state index >= 15 is 0 Å². The maximum atomic E-state index is 9.52. The monoisotopic (exact) mass is 301 g/mol. The maximum Gasteiger partial charge on any atom is 0.0762 e. The van der Waals surface area contributed by atoms with Gasteiger partial charge in [-0.15, -0.1) is 0 Å². The molecule has 3 nitrogen and oxygen atoms in total. The third kappa shape index (κ3) is 3.69. The second kappa shape index (κ2) is 6.38. The number of aliphatic hydroxyl groups excluding tert-OH is 2. The molecule has 96 valence electrons. The first-order valence-electron chi connectivity index (χ1n) is 5.82. The molecule has 0 bridgehead atoms. The van der Waals surface area contributed by atoms with E-state index in [0.717, 1.165) is 15.7 Å². The zero-order valence-corrected chi connectivity index (χ0v) is 12.1. The van der Waals surface area contributed by atoms with Crippen molar-refractivity contribution in [1.29, 1.82) is 0 Å². The highest BCUT2D eigenvalue weighted by Gasteiger charge is 2.14. The number of hydrogen-bond acceptors (Lipinski definition) is 3. The molecule has 0 saturated heterocycles. The lowest BCUT2D eigenvalue weighted by Gasteiger charge is -2.29. The number of hydrogen-bond donors (Lipinski definition) is 2. The van der Waals surface area contributed by atoms with Gasteiger partial charge in [-0.05, 0) is 54.4 Å². The Morgan fingerprint density at radius 1 is 1.29 bits per heavy atom. The summed E-state index contributed by atoms with van der Waals surface area (Å²) in [5.74, 6) is 0. The summed E-state index contributed by atoms with van der Waals surface area (Å²) in [7, 11) is 0. The van der Waals surface area contributed by atoms with Gasteiger partial charge in [0.05, 0.1) is 18.4 Å². The van der Waals surface area contributed by atoms with Gasteiger partial charge in [0.25, 0.3) is 0 Å². The Morgan fingerprint density at radius 3 is 2.35 bits per heavy atom. The molecule has 4 heteroatoms. The Labute approximate surface area is 111 Å². The second-order valence-electron chi connectivity index (χ2n) is 4.40. The van der Waals surface area contributed by atoms with Gasteiger partial charge in [0.2, 0.25) is 0 Å². The first kappa shape index (κ1) is 14.5. The van der Waals surface area contributed by atoms with Crippen molar-refractivity contribution in [2.24, 2.45) is 0 Å². The van der Waals surface area contributed by atoms with Crippen molar-refractivity contribution in [3.63, 3.8) is 0 Å². The molecule has 1 atom stereocenters. The van der Waals surface area contributed by atoms with Crippen LogP contribution in [0.25, 0.3) is 0 Å². The largest absolute Gasteiger partial charge is 0.395 e. The van der Waals surface area contributed by atoms with E-state index in [4.69, 9.17) is 5.11 Å². The van der Waals surface area contributed by atoms with Gasteiger partial charge in [0, 0.05) is 17.1 Å². The van der Waals surface area contributed by atoms with Crippen molar-refractivity contribution in [1.82, 2.24) is 0 Å². The molecule has 1 aromatic rings. The second-order valence-corrected chi connectivity index (χ2v) is 5.25. The van der Waals surface area contributed by atoms with Gasteiger partial charge in [-0.2, -0.15) is 0 Å². The van der Waals surface area contributed by atoms with E-state index in [1.807, 2.05) is 18.2 Å². The van der Waals surface area contributed by atoms with Crippen molar-refractivity contribution in [3.05, 3.63) is 28.2 Å². The highest BCUT2D eigenvalue weighted by Crippen LogP contribution is 2.30. The van der Waals surface area contributed by atoms with Crippen LogP contribution in [0, 0.1) is 0 Å². The summed E-state index contributed by atoms with van der Waals surface area (Å²) in [5.41, 5.74) is 1.92. The Balaban J connectivity index is 3.04. The van der Waals surface area contributed by atoms with Crippen LogP contribution in [0.3, 0.4) is 0 Å². The van der Waals surface area contributed by atoms with Crippen LogP contribution in [-0.2, 0) is 0 Å². The predicted molar refractivity (Wildman–Crippen MR) is 74.3 cm³/mol. The average Bonchev–Trinajstić information content (AvgIpc) is 2.26. The van der Waals surface area contributed by atoms with Crippen molar-refractivity contribution in [3.8, 4) is 0 Å². The van der Waals surface area contributed by atoms with Crippen molar-refractivity contribution < 1.29 is 10.2 Å². The normalized spacial score (nSPS) is 12.9. The molecule has 0 aliphatic carbocycles. The van der Waals surface area contributed by atoms with E-state index in [-0.39, 0.29) is 6.61 Å². The minimum Gasteiger partial charge on any atom is -0.395 e. The SMILES string of the molecule is CC(C)N(CCO)c1ccc([C@@H](C)O)cc1Br. The van der Waals surface area contributed by atoms with Crippen LogP contribution in [-0.4, -0.2) is 29.4 Å². The zero-order chi connectivity index (χ0) is 13.0. The molecule has 0 saturated carbocycles. The molecular formula is C13H20BrNO2. The predicted octanol–water partition coefficient (Wildman–Crippen LogP) is 2.71. The molecule has 0 radical (unpaired) electrons. The lowest BCUT2D eigenvalue weighted by atomic mass is 10.1. The smallest absolute Gasteiger partial charge is 0.0762 e. The lowest BCUT2D eigenvalue weighted by molar-refractivity contribution is 0.199. The fraction of sp³-hybridized carbons (Fsp3) is 0.538. The summed E-state index contributed by atoms with van der Waals surface area (Å²) in [6.07, 6.45) is -0.467. The Kier molecular flexibility index (Phi) is 5.43. The molecule has 0 aliphatic rings. The summed E-state index contributed by atoms with van der Waals surface area (Å²) in [6.45, 7) is 6.65. The van der Waals surface area contributed by atoms with Gasteiger partial charge in [0.1, 0.15) is 0 Å². The Morgan fingerprint density at radius 2 is 1.94 bits per heavy atom. The van der Waals surface area contributed by atoms with Gasteiger partial charge < -0.3 is 15.1 Å². The van der Waals surface area contributed by atoms with Crippen LogP contribution < -0.4 is 4.90 Å². The average molecular weight is 302 g/mol. The quantitative estimate of drug-likeness (QED) is 0.879. The number of benzene rings is 1. The van der Waals surface area contributed by atoms with Gasteiger partial charge in [-0.1, -0.05) is 6.07 Å². The van der Waals surface area contributed by atoms with Gasteiger partial charge in [-0.3, -0.25) is 0 Å². The third-order valence-corrected chi connectivity index (χ3v) is 3.36. The number of halogens is 1. The summed E-state index contributed by atoms with van der Waals surface area (Å²) in [6, 6.07) is 6.13. The molecule has 0 heterocycles. The number of aliphatic hydroxyl groups is 2. The minimum absolute atomic E-state index is 0.128. The van der Waals surface area contributed by atoms with Crippen molar-refractivity contribution in [2.75, 3.05) is 18.1 Å². The summed E-state index contributed by atoms with van der Waals surface area (Å²) < 4.78 is 0.943. The third-order valence-electron chi connectivity index (χ3n) is 2.73. The van der Waals surface area contributed by atoms with E-state index in [1.165, 1.54) is 0 Å². The molecule has 0 aromatic heterocycles. The summed E-state index contributed by atoms with van der Waals surface area (Å²) in [4.78, 5) is 2.12. The molecule has 1 rings (SSSR count). The molecule has 0 fully saturated rings. The van der Waals surface area contributed by atoms with E-state index < -0.39 is 6.10 Å². The van der Waals surface area contributed by atoms with E-state index in [2.05, 4.69) is 34.7 Å². The Hall–Kier alpha value is -0.580. The summed E-state index contributed by atoms with van der Waals surface area (Å²) >= 11 is 3.52. The number of nitrogens with zero attached hydrogens (tertiary/aromatic N) is 1. The molecule has 1 aromatic carbocycles. The number of rotatable bonds is 5. The molecule has 17 heavy (non-hydrogen) atoms. The highest BCUT2D eigenvalue weighted by molar-refractivity contribution is 9.10. The first-order chi connectivity index (χ1) is 7.97. The fourth-order valence-corrected chi connectivity index (χ4v) is 2.40. The molecule has 2 N–H and O–H groups in total. The minimum atomic E-state index is -0.467. The summed E-state index contributed by atoms with van der Waals surface area (Å²) in [5, 5.41) is 18.6. The number of anilines is 1. The standard InChI is InChI=1S/C13H20BrNO2/c1-9(2)15(6-7-16)13-5-4-11(10(3)17)8-12(13)14/h4-5,8-10,16-17H,6-7H2,1-3H3/t10-/m1/s1. The van der Waals surface area contributed by atoms with E-state index in [0.29, 0.717) is 12.6 Å². The van der Waals surface area contributed by atoms with Crippen molar-refractivity contribution >= 4 is 21.6 Å². The van der Waals surface area contributed by atoms with Crippen LogP contribution in [0.5, 0.6) is 0 Å². The fourth-order valence-electron chi connectivity index (χ4n) is 1.78. The lowest BCUT2D eigenvalue weighted by Crippen LogP contribution is -2.33. The van der Waals surface area contributed by atoms with Crippen LogP contribution >= 0.6 is 15.9 Å². The molecule has 0 aliphatic heterocycles. The van der Waals surface area contributed by atoms with Crippen LogP contribution in [0.4, 0.5) is 5.69 Å². The Bertz CT molecular complexity index is 366. The zero-order valence-electron chi connectivity index (χ0n) is 10.5. The molecule has 0 spiro atoms. The molecule has 0 amide bonds. The maximum absolute atomic E-state index is 9.52. The topological polar surface area (TPSA) is 43.7 Å². The van der Waals surface area contributed by atoms with Gasteiger partial charge in [-0.25, -0.2) is 0 Å². The van der Waals surface area contributed by atoms with Gasteiger partial charge >= 0.3 is 0 Å². The first-order valence-corrected chi connectivity index (χ1v) is 6.61. The van der Waals surface area contributed by atoms with Crippen LogP contribution in [0.15, 0.2) is 22.7 Å². The highest BCUT2D eigenvalue weighted by atomic mass is 79.9. The molecule has 0 unspecified atom stereocenters. The van der Waals surface area contributed by atoms with Crippen LogP contribution in [0.1, 0.15) is 32.4 Å².